The third-order valence-electron chi connectivity index (χ3n) is 5.99. The van der Waals surface area contributed by atoms with Crippen LogP contribution in [0.5, 0.6) is 0 Å². The predicted molar refractivity (Wildman–Crippen MR) is 109 cm³/mol. The normalized spacial score (nSPS) is 25.5. The molecule has 8 heteroatoms. The number of fused-ring (bicyclic) bond motifs is 2. The van der Waals surface area contributed by atoms with Crippen molar-refractivity contribution in [2.24, 2.45) is 11.8 Å². The van der Waals surface area contributed by atoms with Crippen LogP contribution in [-0.4, -0.2) is 53.6 Å². The SMILES string of the molecule is Cc1nc(N2C[C@@H]3CN(S(C)(=O)=O)[C@@H](c4ccccc4)[C@@H]3C2)c2[nH]ccc2n1. The van der Waals surface area contributed by atoms with Crippen LogP contribution in [0, 0.1) is 18.8 Å². The van der Waals surface area contributed by atoms with Crippen molar-refractivity contribution >= 4 is 26.9 Å². The number of rotatable bonds is 3. The smallest absolute Gasteiger partial charge is 0.211 e. The number of nitrogens with zero attached hydrogens (tertiary/aromatic N) is 4. The van der Waals surface area contributed by atoms with Gasteiger partial charge >= 0.3 is 0 Å². The molecule has 0 amide bonds. The molecule has 0 saturated carbocycles. The van der Waals surface area contributed by atoms with Gasteiger partial charge in [-0.1, -0.05) is 30.3 Å². The first kappa shape index (κ1) is 17.6. The van der Waals surface area contributed by atoms with Gasteiger partial charge in [-0.15, -0.1) is 0 Å². The quantitative estimate of drug-likeness (QED) is 0.734. The second-order valence-corrected chi connectivity index (χ2v) is 9.78. The van der Waals surface area contributed by atoms with Gasteiger partial charge in [-0.2, -0.15) is 4.31 Å². The Morgan fingerprint density at radius 3 is 2.61 bits per heavy atom. The maximum Gasteiger partial charge on any atom is 0.211 e. The molecule has 2 aromatic heterocycles. The molecule has 1 aromatic carbocycles. The summed E-state index contributed by atoms with van der Waals surface area (Å²) < 4.78 is 26.6. The summed E-state index contributed by atoms with van der Waals surface area (Å²) in [6, 6.07) is 11.8. The highest BCUT2D eigenvalue weighted by molar-refractivity contribution is 7.88. The van der Waals surface area contributed by atoms with Crippen molar-refractivity contribution in [2.45, 2.75) is 13.0 Å². The first-order chi connectivity index (χ1) is 13.4. The third-order valence-corrected chi connectivity index (χ3v) is 7.22. The van der Waals surface area contributed by atoms with E-state index in [1.54, 1.807) is 4.31 Å². The number of hydrogen-bond acceptors (Lipinski definition) is 5. The molecular weight excluding hydrogens is 374 g/mol. The lowest BCUT2D eigenvalue weighted by Gasteiger charge is -2.28. The molecule has 4 heterocycles. The van der Waals surface area contributed by atoms with Crippen molar-refractivity contribution in [3.8, 4) is 0 Å². The van der Waals surface area contributed by atoms with Crippen molar-refractivity contribution < 1.29 is 8.42 Å². The molecule has 0 radical (unpaired) electrons. The van der Waals surface area contributed by atoms with Crippen LogP contribution in [0.4, 0.5) is 5.82 Å². The summed E-state index contributed by atoms with van der Waals surface area (Å²) in [7, 11) is -3.27. The van der Waals surface area contributed by atoms with Crippen LogP contribution >= 0.6 is 0 Å². The highest BCUT2D eigenvalue weighted by atomic mass is 32.2. The van der Waals surface area contributed by atoms with Gasteiger partial charge in [-0.05, 0) is 24.5 Å². The van der Waals surface area contributed by atoms with Crippen LogP contribution in [0.2, 0.25) is 0 Å². The molecule has 3 atom stereocenters. The van der Waals surface area contributed by atoms with Crippen LogP contribution in [0.1, 0.15) is 17.4 Å². The Bertz CT molecular complexity index is 1130. The van der Waals surface area contributed by atoms with Gasteiger partial charge in [-0.25, -0.2) is 18.4 Å². The Kier molecular flexibility index (Phi) is 3.96. The van der Waals surface area contributed by atoms with Crippen molar-refractivity contribution in [3.05, 3.63) is 54.0 Å². The van der Waals surface area contributed by atoms with Gasteiger partial charge in [0.2, 0.25) is 10.0 Å². The number of aromatic nitrogens is 3. The summed E-state index contributed by atoms with van der Waals surface area (Å²) in [4.78, 5) is 14.7. The molecule has 2 aliphatic rings. The highest BCUT2D eigenvalue weighted by Gasteiger charge is 2.50. The summed E-state index contributed by atoms with van der Waals surface area (Å²) >= 11 is 0. The second kappa shape index (κ2) is 6.28. The summed E-state index contributed by atoms with van der Waals surface area (Å²) in [6.45, 7) is 4.04. The molecule has 0 spiro atoms. The highest BCUT2D eigenvalue weighted by Crippen LogP contribution is 2.47. The number of nitrogens with one attached hydrogen (secondary N) is 1. The molecule has 0 bridgehead atoms. The molecule has 0 aliphatic carbocycles. The molecule has 5 rings (SSSR count). The fourth-order valence-corrected chi connectivity index (χ4v) is 6.01. The fourth-order valence-electron chi connectivity index (χ4n) is 4.85. The number of benzene rings is 1. The number of anilines is 1. The van der Waals surface area contributed by atoms with Crippen LogP contribution in [0.3, 0.4) is 0 Å². The molecule has 28 heavy (non-hydrogen) atoms. The van der Waals surface area contributed by atoms with Gasteiger partial charge in [0.25, 0.3) is 0 Å². The minimum absolute atomic E-state index is 0.131. The minimum Gasteiger partial charge on any atom is -0.357 e. The fraction of sp³-hybridized carbons (Fsp3) is 0.400. The first-order valence-corrected chi connectivity index (χ1v) is 11.3. The van der Waals surface area contributed by atoms with Gasteiger partial charge in [-0.3, -0.25) is 0 Å². The predicted octanol–water partition coefficient (Wildman–Crippen LogP) is 2.34. The second-order valence-electron chi connectivity index (χ2n) is 7.85. The van der Waals surface area contributed by atoms with Gasteiger partial charge in [0, 0.05) is 31.7 Å². The molecular formula is C20H23N5O2S. The van der Waals surface area contributed by atoms with E-state index in [9.17, 15) is 8.42 Å². The molecule has 0 unspecified atom stereocenters. The van der Waals surface area contributed by atoms with E-state index in [-0.39, 0.29) is 17.9 Å². The van der Waals surface area contributed by atoms with Crippen LogP contribution in [0.25, 0.3) is 11.0 Å². The van der Waals surface area contributed by atoms with E-state index < -0.39 is 10.0 Å². The third kappa shape index (κ3) is 2.79. The Morgan fingerprint density at radius 2 is 1.86 bits per heavy atom. The van der Waals surface area contributed by atoms with E-state index in [4.69, 9.17) is 4.98 Å². The van der Waals surface area contributed by atoms with E-state index in [0.29, 0.717) is 6.54 Å². The number of aromatic amines is 1. The van der Waals surface area contributed by atoms with Gasteiger partial charge in [0.15, 0.2) is 5.82 Å². The van der Waals surface area contributed by atoms with E-state index >= 15 is 0 Å². The number of H-pyrrole nitrogens is 1. The molecule has 1 N–H and O–H groups in total. The van der Waals surface area contributed by atoms with Crippen LogP contribution in [-0.2, 0) is 10.0 Å². The zero-order valence-electron chi connectivity index (χ0n) is 15.9. The lowest BCUT2D eigenvalue weighted by Crippen LogP contribution is -2.35. The number of sulfonamides is 1. The number of hydrogen-bond donors (Lipinski definition) is 1. The monoisotopic (exact) mass is 397 g/mol. The van der Waals surface area contributed by atoms with Gasteiger partial charge in [0.05, 0.1) is 17.8 Å². The van der Waals surface area contributed by atoms with E-state index in [2.05, 4.69) is 14.9 Å². The zero-order valence-corrected chi connectivity index (χ0v) is 16.7. The van der Waals surface area contributed by atoms with Gasteiger partial charge < -0.3 is 9.88 Å². The summed E-state index contributed by atoms with van der Waals surface area (Å²) in [5.74, 6) is 2.17. The molecule has 146 valence electrons. The average molecular weight is 398 g/mol. The van der Waals surface area contributed by atoms with E-state index in [1.165, 1.54) is 6.26 Å². The Morgan fingerprint density at radius 1 is 1.07 bits per heavy atom. The Balaban J connectivity index is 1.53. The first-order valence-electron chi connectivity index (χ1n) is 9.50. The minimum atomic E-state index is -3.27. The van der Waals surface area contributed by atoms with Crippen molar-refractivity contribution in [1.82, 2.24) is 19.3 Å². The molecule has 3 aromatic rings. The topological polar surface area (TPSA) is 82.2 Å². The standard InChI is InChI=1S/C20H23N5O2S/c1-13-22-17-8-9-21-18(17)20(23-13)24-10-15-11-25(28(2,26)27)19(16(15)12-24)14-6-4-3-5-7-14/h3-9,15-16,19,21H,10-12H2,1-2H3/t15-,16-,19+/m1/s1. The molecule has 7 nitrogen and oxygen atoms in total. The maximum absolute atomic E-state index is 12.5. The largest absolute Gasteiger partial charge is 0.357 e. The van der Waals surface area contributed by atoms with E-state index in [0.717, 1.165) is 41.3 Å². The van der Waals surface area contributed by atoms with Gasteiger partial charge in [0.1, 0.15) is 11.3 Å². The Labute approximate surface area is 164 Å². The van der Waals surface area contributed by atoms with Crippen LogP contribution < -0.4 is 4.90 Å². The molecule has 2 fully saturated rings. The lowest BCUT2D eigenvalue weighted by atomic mass is 9.90. The van der Waals surface area contributed by atoms with Crippen molar-refractivity contribution in [3.63, 3.8) is 0 Å². The van der Waals surface area contributed by atoms with Crippen molar-refractivity contribution in [2.75, 3.05) is 30.8 Å². The molecule has 2 aliphatic heterocycles. The van der Waals surface area contributed by atoms with Crippen LogP contribution in [0.15, 0.2) is 42.6 Å². The summed E-state index contributed by atoms with van der Waals surface area (Å²) in [5.41, 5.74) is 2.92. The summed E-state index contributed by atoms with van der Waals surface area (Å²) in [6.07, 6.45) is 3.20. The summed E-state index contributed by atoms with van der Waals surface area (Å²) in [5, 5.41) is 0. The average Bonchev–Trinajstić information content (AvgIpc) is 3.34. The Hall–Kier alpha value is -2.45. The molecule has 2 saturated heterocycles. The number of aryl methyl sites for hydroxylation is 1. The lowest BCUT2D eigenvalue weighted by molar-refractivity contribution is 0.352. The zero-order chi connectivity index (χ0) is 19.5. The van der Waals surface area contributed by atoms with Crippen molar-refractivity contribution in [1.29, 1.82) is 0 Å². The van der Waals surface area contributed by atoms with E-state index in [1.807, 2.05) is 49.5 Å². The maximum atomic E-state index is 12.5.